The fraction of sp³-hybridized carbons (Fsp3) is 0.690. The van der Waals surface area contributed by atoms with Crippen LogP contribution in [0.1, 0.15) is 92.5 Å². The van der Waals surface area contributed by atoms with Crippen LogP contribution in [0.5, 0.6) is 0 Å². The summed E-state index contributed by atoms with van der Waals surface area (Å²) in [5, 5.41) is 17.7. The van der Waals surface area contributed by atoms with Crippen molar-refractivity contribution in [3.8, 4) is 0 Å². The van der Waals surface area contributed by atoms with E-state index < -0.39 is 17.7 Å². The van der Waals surface area contributed by atoms with Crippen molar-refractivity contribution in [1.82, 2.24) is 9.80 Å². The number of fused-ring (bicyclic) bond motifs is 2. The minimum atomic E-state index is -5.08. The number of amides is 2. The van der Waals surface area contributed by atoms with Gasteiger partial charge in [0.1, 0.15) is 5.60 Å². The van der Waals surface area contributed by atoms with Crippen molar-refractivity contribution in [1.29, 1.82) is 0 Å². The summed E-state index contributed by atoms with van der Waals surface area (Å²) >= 11 is 0. The first-order valence-corrected chi connectivity index (χ1v) is 14.3. The Kier molecular flexibility index (Phi) is 9.44. The van der Waals surface area contributed by atoms with E-state index in [2.05, 4.69) is 11.0 Å². The fourth-order valence-corrected chi connectivity index (χ4v) is 6.68. The Hall–Kier alpha value is -2.66. The van der Waals surface area contributed by atoms with Gasteiger partial charge in [-0.1, -0.05) is 31.4 Å². The summed E-state index contributed by atoms with van der Waals surface area (Å²) in [5.41, 5.74) is 6.25. The second kappa shape index (κ2) is 12.5. The van der Waals surface area contributed by atoms with E-state index >= 15 is 0 Å². The van der Waals surface area contributed by atoms with Crippen LogP contribution in [-0.2, 0) is 9.59 Å². The largest absolute Gasteiger partial charge is 0.490 e. The lowest BCUT2D eigenvalue weighted by molar-refractivity contribution is -0.192. The molecule has 1 aromatic rings. The second-order valence-electron chi connectivity index (χ2n) is 11.9. The summed E-state index contributed by atoms with van der Waals surface area (Å²) in [7, 11) is 0. The van der Waals surface area contributed by atoms with Crippen LogP contribution in [0.4, 0.5) is 13.2 Å². The number of benzene rings is 1. The number of primary amides is 1. The Balaban J connectivity index is 0.000000470. The number of carboxylic acid groups (broad SMARTS) is 1. The normalized spacial score (nSPS) is 25.9. The number of aliphatic carboxylic acids is 1. The zero-order chi connectivity index (χ0) is 29.1. The van der Waals surface area contributed by atoms with E-state index in [0.29, 0.717) is 42.3 Å². The number of hydrogen-bond acceptors (Lipinski definition) is 5. The van der Waals surface area contributed by atoms with Gasteiger partial charge in [0.25, 0.3) is 5.91 Å². The minimum Gasteiger partial charge on any atom is -0.475 e. The van der Waals surface area contributed by atoms with Gasteiger partial charge in [-0.05, 0) is 80.9 Å². The van der Waals surface area contributed by atoms with E-state index in [9.17, 15) is 27.9 Å². The number of piperidine rings is 1. The van der Waals surface area contributed by atoms with Crippen molar-refractivity contribution in [2.24, 2.45) is 11.7 Å². The second-order valence-corrected chi connectivity index (χ2v) is 11.9. The number of carboxylic acids is 1. The molecule has 4 fully saturated rings. The third kappa shape index (κ3) is 7.54. The molecule has 3 atom stereocenters. The SMILES string of the molecule is NC(=O)c1cccc(C2C[C@H]3CC[C@@H](C2)N3CCN(CC2CCCCC2)C(=O)C2(O)CC2)c1.O=C(O)C(F)(F)F. The fourth-order valence-electron chi connectivity index (χ4n) is 6.68. The van der Waals surface area contributed by atoms with Crippen LogP contribution in [0, 0.1) is 5.92 Å². The Morgan fingerprint density at radius 3 is 2.15 bits per heavy atom. The van der Waals surface area contributed by atoms with Crippen LogP contribution in [0.3, 0.4) is 0 Å². The number of aliphatic hydroxyl groups is 1. The maximum atomic E-state index is 13.1. The molecule has 4 aliphatic rings. The number of alkyl halides is 3. The summed E-state index contributed by atoms with van der Waals surface area (Å²) in [4.78, 5) is 38.2. The number of rotatable bonds is 8. The number of hydrogen-bond donors (Lipinski definition) is 3. The molecule has 5 rings (SSSR count). The molecular formula is C29H40F3N3O5. The van der Waals surface area contributed by atoms with Crippen molar-refractivity contribution in [2.45, 2.75) is 100 Å². The summed E-state index contributed by atoms with van der Waals surface area (Å²) in [5.74, 6) is -2.10. The molecule has 0 aromatic heterocycles. The maximum absolute atomic E-state index is 13.1. The Morgan fingerprint density at radius 1 is 1.02 bits per heavy atom. The van der Waals surface area contributed by atoms with E-state index in [0.717, 1.165) is 32.5 Å². The van der Waals surface area contributed by atoms with E-state index in [1.54, 1.807) is 6.07 Å². The summed E-state index contributed by atoms with van der Waals surface area (Å²) in [6.07, 6.45) is 7.04. The lowest BCUT2D eigenvalue weighted by atomic mass is 9.84. The first-order chi connectivity index (χ1) is 18.9. The lowest BCUT2D eigenvalue weighted by Crippen LogP contribution is -2.50. The van der Waals surface area contributed by atoms with Gasteiger partial charge in [0.15, 0.2) is 0 Å². The topological polar surface area (TPSA) is 124 Å². The first-order valence-electron chi connectivity index (χ1n) is 14.3. The molecule has 2 heterocycles. The average molecular weight is 568 g/mol. The van der Waals surface area contributed by atoms with Gasteiger partial charge in [-0.3, -0.25) is 14.5 Å². The lowest BCUT2D eigenvalue weighted by Gasteiger charge is -2.41. The monoisotopic (exact) mass is 567 g/mol. The van der Waals surface area contributed by atoms with Gasteiger partial charge in [0.2, 0.25) is 5.91 Å². The van der Waals surface area contributed by atoms with Gasteiger partial charge < -0.3 is 20.8 Å². The zero-order valence-electron chi connectivity index (χ0n) is 22.7. The number of nitrogens with zero attached hydrogens (tertiary/aromatic N) is 2. The van der Waals surface area contributed by atoms with Crippen molar-refractivity contribution >= 4 is 17.8 Å². The molecule has 8 nitrogen and oxygen atoms in total. The highest BCUT2D eigenvalue weighted by molar-refractivity contribution is 5.93. The highest BCUT2D eigenvalue weighted by atomic mass is 19.4. The molecule has 1 aromatic carbocycles. The molecule has 2 saturated heterocycles. The van der Waals surface area contributed by atoms with E-state index in [4.69, 9.17) is 15.6 Å². The molecule has 40 heavy (non-hydrogen) atoms. The van der Waals surface area contributed by atoms with Crippen LogP contribution in [-0.4, -0.2) is 81.3 Å². The molecular weight excluding hydrogens is 527 g/mol. The standard InChI is InChI=1S/C27H39N3O3.C2HF3O2/c28-25(31)21-8-4-7-20(15-21)22-16-23-9-10-24(17-22)30(23)14-13-29(26(32)27(33)11-12-27)18-19-5-2-1-3-6-19;3-2(4,5)1(6)7/h4,7-8,15,19,22-24,33H,1-3,5-6,9-14,16-18H2,(H2,28,31);(H,6,7)/t22?,23-,24+;. The molecule has 0 radical (unpaired) electrons. The van der Waals surface area contributed by atoms with Gasteiger partial charge in [-0.15, -0.1) is 0 Å². The first kappa shape index (κ1) is 30.3. The average Bonchev–Trinajstić information content (AvgIpc) is 3.63. The van der Waals surface area contributed by atoms with E-state index in [1.165, 1.54) is 50.5 Å². The molecule has 2 bridgehead atoms. The quantitative estimate of drug-likeness (QED) is 0.435. The van der Waals surface area contributed by atoms with Crippen molar-refractivity contribution in [3.63, 3.8) is 0 Å². The van der Waals surface area contributed by atoms with Gasteiger partial charge in [-0.25, -0.2) is 4.79 Å². The molecule has 222 valence electrons. The number of carbonyl (C=O) groups excluding carboxylic acids is 2. The van der Waals surface area contributed by atoms with Crippen LogP contribution < -0.4 is 5.73 Å². The Labute approximate surface area is 232 Å². The molecule has 2 aliphatic heterocycles. The summed E-state index contributed by atoms with van der Waals surface area (Å²) in [6.45, 7) is 2.44. The molecule has 1 unspecified atom stereocenters. The predicted octanol–water partition coefficient (Wildman–Crippen LogP) is 4.06. The highest BCUT2D eigenvalue weighted by Gasteiger charge is 2.50. The number of halogens is 3. The molecule has 2 aliphatic carbocycles. The number of nitrogens with two attached hydrogens (primary N) is 1. The van der Waals surface area contributed by atoms with Gasteiger partial charge in [-0.2, -0.15) is 13.2 Å². The van der Waals surface area contributed by atoms with Crippen LogP contribution in [0.25, 0.3) is 0 Å². The Morgan fingerprint density at radius 2 is 1.62 bits per heavy atom. The smallest absolute Gasteiger partial charge is 0.475 e. The Bertz CT molecular complexity index is 1060. The van der Waals surface area contributed by atoms with Gasteiger partial charge >= 0.3 is 12.1 Å². The molecule has 4 N–H and O–H groups in total. The van der Waals surface area contributed by atoms with Crippen molar-refractivity contribution < 1.29 is 37.8 Å². The molecule has 0 spiro atoms. The summed E-state index contributed by atoms with van der Waals surface area (Å²) in [6, 6.07) is 8.90. The maximum Gasteiger partial charge on any atom is 0.490 e. The van der Waals surface area contributed by atoms with E-state index in [1.807, 2.05) is 17.0 Å². The third-order valence-corrected chi connectivity index (χ3v) is 9.01. The van der Waals surface area contributed by atoms with Crippen LogP contribution in [0.15, 0.2) is 24.3 Å². The molecule has 2 amide bonds. The highest BCUT2D eigenvalue weighted by Crippen LogP contribution is 2.43. The predicted molar refractivity (Wildman–Crippen MR) is 141 cm³/mol. The molecule has 11 heteroatoms. The molecule has 2 saturated carbocycles. The van der Waals surface area contributed by atoms with Crippen molar-refractivity contribution in [2.75, 3.05) is 19.6 Å². The minimum absolute atomic E-state index is 0.0291. The number of carbonyl (C=O) groups is 3. The van der Waals surface area contributed by atoms with Crippen LogP contribution >= 0.6 is 0 Å². The van der Waals surface area contributed by atoms with Crippen LogP contribution in [0.2, 0.25) is 0 Å². The summed E-state index contributed by atoms with van der Waals surface area (Å²) < 4.78 is 31.7. The third-order valence-electron chi connectivity index (χ3n) is 9.01. The zero-order valence-corrected chi connectivity index (χ0v) is 22.7. The van der Waals surface area contributed by atoms with Crippen molar-refractivity contribution in [3.05, 3.63) is 35.4 Å². The van der Waals surface area contributed by atoms with E-state index in [-0.39, 0.29) is 11.8 Å². The van der Waals surface area contributed by atoms with Gasteiger partial charge in [0.05, 0.1) is 0 Å². The van der Waals surface area contributed by atoms with Gasteiger partial charge in [0, 0.05) is 37.3 Å².